The Balaban J connectivity index is 1.71. The second kappa shape index (κ2) is 5.80. The number of halogens is 3. The van der Waals surface area contributed by atoms with Crippen molar-refractivity contribution in [3.63, 3.8) is 0 Å². The highest BCUT2D eigenvalue weighted by Gasteiger charge is 2.41. The minimum absolute atomic E-state index is 0.267. The van der Waals surface area contributed by atoms with Gasteiger partial charge in [-0.25, -0.2) is 0 Å². The number of rotatable bonds is 2. The molecule has 2 heterocycles. The summed E-state index contributed by atoms with van der Waals surface area (Å²) in [7, 11) is 0. The van der Waals surface area contributed by atoms with E-state index >= 15 is 0 Å². The molecule has 17 heavy (non-hydrogen) atoms. The van der Waals surface area contributed by atoms with Gasteiger partial charge in [-0.2, -0.15) is 24.9 Å². The minimum atomic E-state index is -4.00. The van der Waals surface area contributed by atoms with Crippen LogP contribution >= 0.6 is 11.8 Å². The molecule has 1 unspecified atom stereocenters. The lowest BCUT2D eigenvalue weighted by molar-refractivity contribution is -0.185. The molecule has 0 amide bonds. The lowest BCUT2D eigenvalue weighted by Crippen LogP contribution is -2.48. The highest BCUT2D eigenvalue weighted by molar-refractivity contribution is 7.99. The molecule has 2 aliphatic heterocycles. The summed E-state index contributed by atoms with van der Waals surface area (Å²) in [4.78, 5) is 2.17. The van der Waals surface area contributed by atoms with Crippen molar-refractivity contribution in [3.05, 3.63) is 0 Å². The zero-order valence-corrected chi connectivity index (χ0v) is 10.6. The smallest absolute Gasteiger partial charge is 0.311 e. The van der Waals surface area contributed by atoms with Crippen molar-refractivity contribution in [3.8, 4) is 0 Å². The Labute approximate surface area is 104 Å². The average molecular weight is 268 g/mol. The fourth-order valence-corrected chi connectivity index (χ4v) is 3.43. The second-order valence-corrected chi connectivity index (χ2v) is 5.99. The summed E-state index contributed by atoms with van der Waals surface area (Å²) >= 11 is 1.93. The van der Waals surface area contributed by atoms with Gasteiger partial charge in [0.2, 0.25) is 0 Å². The fraction of sp³-hybridized carbons (Fsp3) is 1.00. The van der Waals surface area contributed by atoms with E-state index in [-0.39, 0.29) is 12.8 Å². The van der Waals surface area contributed by atoms with Crippen molar-refractivity contribution < 1.29 is 13.2 Å². The SMILES string of the molecule is FC(F)(F)C1CCN(CC2CSCCN2)CC1. The predicted octanol–water partition coefficient (Wildman–Crippen LogP) is 1.97. The molecule has 0 aromatic heterocycles. The molecule has 6 heteroatoms. The van der Waals surface area contributed by atoms with Crippen molar-refractivity contribution in [2.75, 3.05) is 37.7 Å². The van der Waals surface area contributed by atoms with Crippen LogP contribution < -0.4 is 5.32 Å². The van der Waals surface area contributed by atoms with E-state index in [0.717, 1.165) is 24.6 Å². The third-order valence-corrected chi connectivity index (χ3v) is 4.66. The Morgan fingerprint density at radius 2 is 1.94 bits per heavy atom. The van der Waals surface area contributed by atoms with Crippen LogP contribution in [0.5, 0.6) is 0 Å². The van der Waals surface area contributed by atoms with Crippen molar-refractivity contribution in [1.82, 2.24) is 10.2 Å². The first-order valence-electron chi connectivity index (χ1n) is 6.16. The molecular formula is C11H19F3N2S. The van der Waals surface area contributed by atoms with Crippen LogP contribution in [0.3, 0.4) is 0 Å². The van der Waals surface area contributed by atoms with Gasteiger partial charge >= 0.3 is 6.18 Å². The molecule has 100 valence electrons. The van der Waals surface area contributed by atoms with E-state index in [4.69, 9.17) is 0 Å². The molecule has 2 aliphatic rings. The maximum absolute atomic E-state index is 12.5. The first kappa shape index (κ1) is 13.5. The number of hydrogen-bond donors (Lipinski definition) is 1. The molecule has 0 aromatic rings. The topological polar surface area (TPSA) is 15.3 Å². The number of nitrogens with one attached hydrogen (secondary N) is 1. The predicted molar refractivity (Wildman–Crippen MR) is 64.3 cm³/mol. The summed E-state index contributed by atoms with van der Waals surface area (Å²) < 4.78 is 37.5. The molecule has 1 N–H and O–H groups in total. The fourth-order valence-electron chi connectivity index (χ4n) is 2.49. The normalized spacial score (nSPS) is 29.5. The van der Waals surface area contributed by atoms with Gasteiger partial charge in [0.15, 0.2) is 0 Å². The summed E-state index contributed by atoms with van der Waals surface area (Å²) in [6.45, 7) is 3.10. The molecular weight excluding hydrogens is 249 g/mol. The maximum atomic E-state index is 12.5. The molecule has 0 aliphatic carbocycles. The highest BCUT2D eigenvalue weighted by atomic mass is 32.2. The molecule has 0 spiro atoms. The Bertz CT molecular complexity index is 233. The van der Waals surface area contributed by atoms with Crippen molar-refractivity contribution in [2.24, 2.45) is 5.92 Å². The molecule has 0 bridgehead atoms. The van der Waals surface area contributed by atoms with Crippen LogP contribution in [-0.2, 0) is 0 Å². The third kappa shape index (κ3) is 4.03. The summed E-state index contributed by atoms with van der Waals surface area (Å²) in [5.41, 5.74) is 0. The first-order valence-corrected chi connectivity index (χ1v) is 7.31. The van der Waals surface area contributed by atoms with Gasteiger partial charge in [-0.3, -0.25) is 0 Å². The zero-order valence-electron chi connectivity index (χ0n) is 9.80. The van der Waals surface area contributed by atoms with Gasteiger partial charge in [0.25, 0.3) is 0 Å². The Kier molecular flexibility index (Phi) is 4.60. The summed E-state index contributed by atoms with van der Waals surface area (Å²) in [5.74, 6) is 1.15. The molecule has 2 fully saturated rings. The number of thioether (sulfide) groups is 1. The van der Waals surface area contributed by atoms with Gasteiger partial charge in [0.1, 0.15) is 0 Å². The number of nitrogens with zero attached hydrogens (tertiary/aromatic N) is 1. The van der Waals surface area contributed by atoms with Gasteiger partial charge in [0.05, 0.1) is 5.92 Å². The largest absolute Gasteiger partial charge is 0.391 e. The summed E-state index contributed by atoms with van der Waals surface area (Å²) in [6.07, 6.45) is -3.46. The van der Waals surface area contributed by atoms with Gasteiger partial charge < -0.3 is 10.2 Å². The molecule has 0 saturated carbocycles. The van der Waals surface area contributed by atoms with Gasteiger partial charge in [-0.1, -0.05) is 0 Å². The molecule has 2 saturated heterocycles. The highest BCUT2D eigenvalue weighted by Crippen LogP contribution is 2.34. The quantitative estimate of drug-likeness (QED) is 0.824. The van der Waals surface area contributed by atoms with Gasteiger partial charge in [0, 0.05) is 30.6 Å². The van der Waals surface area contributed by atoms with Crippen LogP contribution in [0.1, 0.15) is 12.8 Å². The van der Waals surface area contributed by atoms with Gasteiger partial charge in [-0.05, 0) is 25.9 Å². The van der Waals surface area contributed by atoms with Crippen LogP contribution in [-0.4, -0.2) is 54.8 Å². The average Bonchev–Trinajstić information content (AvgIpc) is 2.30. The van der Waals surface area contributed by atoms with Crippen LogP contribution in [0.2, 0.25) is 0 Å². The minimum Gasteiger partial charge on any atom is -0.311 e. The van der Waals surface area contributed by atoms with E-state index in [2.05, 4.69) is 10.2 Å². The van der Waals surface area contributed by atoms with Crippen LogP contribution in [0.25, 0.3) is 0 Å². The molecule has 0 aromatic carbocycles. The van der Waals surface area contributed by atoms with Crippen LogP contribution in [0.4, 0.5) is 13.2 Å². The van der Waals surface area contributed by atoms with Crippen molar-refractivity contribution in [2.45, 2.75) is 25.1 Å². The zero-order chi connectivity index (χ0) is 12.3. The molecule has 2 rings (SSSR count). The Morgan fingerprint density at radius 1 is 1.24 bits per heavy atom. The number of piperidine rings is 1. The van der Waals surface area contributed by atoms with E-state index < -0.39 is 12.1 Å². The Morgan fingerprint density at radius 3 is 2.47 bits per heavy atom. The lowest BCUT2D eigenvalue weighted by Gasteiger charge is -2.36. The lowest BCUT2D eigenvalue weighted by atomic mass is 9.96. The third-order valence-electron chi connectivity index (χ3n) is 3.53. The standard InChI is InChI=1S/C11H19F3N2S/c12-11(13,14)9-1-4-16(5-2-9)7-10-8-17-6-3-15-10/h9-10,15H,1-8H2. The van der Waals surface area contributed by atoms with Crippen molar-refractivity contribution >= 4 is 11.8 Å². The number of alkyl halides is 3. The van der Waals surface area contributed by atoms with E-state index in [1.807, 2.05) is 11.8 Å². The van der Waals surface area contributed by atoms with Crippen LogP contribution in [0.15, 0.2) is 0 Å². The molecule has 0 radical (unpaired) electrons. The maximum Gasteiger partial charge on any atom is 0.391 e. The van der Waals surface area contributed by atoms with Crippen molar-refractivity contribution in [1.29, 1.82) is 0 Å². The van der Waals surface area contributed by atoms with E-state index in [1.54, 1.807) is 0 Å². The Hall–Kier alpha value is 0.0600. The molecule has 1 atom stereocenters. The van der Waals surface area contributed by atoms with Crippen LogP contribution in [0, 0.1) is 5.92 Å². The van der Waals surface area contributed by atoms with Gasteiger partial charge in [-0.15, -0.1) is 0 Å². The van der Waals surface area contributed by atoms with E-state index in [0.29, 0.717) is 19.1 Å². The van der Waals surface area contributed by atoms with E-state index in [1.165, 1.54) is 0 Å². The number of hydrogen-bond acceptors (Lipinski definition) is 3. The molecule has 2 nitrogen and oxygen atoms in total. The summed E-state index contributed by atoms with van der Waals surface area (Å²) in [6, 6.07) is 0.455. The summed E-state index contributed by atoms with van der Waals surface area (Å²) in [5, 5.41) is 3.42. The van der Waals surface area contributed by atoms with E-state index in [9.17, 15) is 13.2 Å². The monoisotopic (exact) mass is 268 g/mol. The first-order chi connectivity index (χ1) is 8.05. The second-order valence-electron chi connectivity index (χ2n) is 4.84. The number of likely N-dealkylation sites (tertiary alicyclic amines) is 1.